The molecule has 0 aromatic heterocycles. The lowest BCUT2D eigenvalue weighted by Crippen LogP contribution is -2.55. The van der Waals surface area contributed by atoms with Gasteiger partial charge in [-0.3, -0.25) is 14.6 Å². The van der Waals surface area contributed by atoms with Gasteiger partial charge in [0.15, 0.2) is 0 Å². The Kier molecular flexibility index (Phi) is 6.26. The van der Waals surface area contributed by atoms with Gasteiger partial charge in [0, 0.05) is 32.7 Å². The van der Waals surface area contributed by atoms with Crippen molar-refractivity contribution in [2.24, 2.45) is 5.92 Å². The van der Waals surface area contributed by atoms with Crippen LogP contribution in [0.25, 0.3) is 0 Å². The predicted octanol–water partition coefficient (Wildman–Crippen LogP) is 0.677. The van der Waals surface area contributed by atoms with Gasteiger partial charge in [-0.05, 0) is 19.8 Å². The van der Waals surface area contributed by atoms with E-state index in [4.69, 9.17) is 5.26 Å². The number of amides is 1. The van der Waals surface area contributed by atoms with Gasteiger partial charge in [-0.15, -0.1) is 0 Å². The van der Waals surface area contributed by atoms with Gasteiger partial charge < -0.3 is 5.32 Å². The van der Waals surface area contributed by atoms with Gasteiger partial charge in [-0.2, -0.15) is 5.26 Å². The molecule has 108 valence electrons. The van der Waals surface area contributed by atoms with Crippen molar-refractivity contribution in [3.63, 3.8) is 0 Å². The molecule has 1 saturated heterocycles. The molecule has 0 aromatic carbocycles. The number of hydrogen-bond donors (Lipinski definition) is 1. The minimum absolute atomic E-state index is 0.0350. The topological polar surface area (TPSA) is 59.4 Å². The fourth-order valence-electron chi connectivity index (χ4n) is 2.21. The summed E-state index contributed by atoms with van der Waals surface area (Å²) in [7, 11) is 0. The zero-order valence-electron chi connectivity index (χ0n) is 12.5. The molecule has 5 heteroatoms. The molecule has 1 rings (SSSR count). The highest BCUT2D eigenvalue weighted by molar-refractivity contribution is 5.81. The van der Waals surface area contributed by atoms with E-state index in [-0.39, 0.29) is 18.0 Å². The second kappa shape index (κ2) is 7.46. The summed E-state index contributed by atoms with van der Waals surface area (Å²) in [6.45, 7) is 12.2. The monoisotopic (exact) mass is 266 g/mol. The first kappa shape index (κ1) is 15.9. The van der Waals surface area contributed by atoms with Crippen LogP contribution in [0, 0.1) is 17.2 Å². The highest BCUT2D eigenvalue weighted by Crippen LogP contribution is 2.09. The van der Waals surface area contributed by atoms with Crippen LogP contribution in [-0.4, -0.2) is 60.5 Å². The molecule has 0 saturated carbocycles. The molecular formula is C14H26N4O. The van der Waals surface area contributed by atoms with E-state index in [0.29, 0.717) is 5.92 Å². The van der Waals surface area contributed by atoms with Crippen LogP contribution in [0.4, 0.5) is 0 Å². The normalized spacial score (nSPS) is 20.8. The van der Waals surface area contributed by atoms with E-state index in [1.165, 1.54) is 0 Å². The van der Waals surface area contributed by atoms with Gasteiger partial charge in [0.25, 0.3) is 0 Å². The third-order valence-corrected chi connectivity index (χ3v) is 3.70. The molecule has 0 bridgehead atoms. The first-order valence-electron chi connectivity index (χ1n) is 7.11. The highest BCUT2D eigenvalue weighted by Gasteiger charge is 2.27. The Morgan fingerprint density at radius 3 is 2.16 bits per heavy atom. The lowest BCUT2D eigenvalue weighted by molar-refractivity contribution is -0.126. The van der Waals surface area contributed by atoms with E-state index in [0.717, 1.165) is 32.7 Å². The summed E-state index contributed by atoms with van der Waals surface area (Å²) in [6.07, 6.45) is 0. The largest absolute Gasteiger partial charge is 0.354 e. The molecule has 1 N–H and O–H groups in total. The average molecular weight is 266 g/mol. The van der Waals surface area contributed by atoms with Gasteiger partial charge in [0.05, 0.1) is 18.2 Å². The summed E-state index contributed by atoms with van der Waals surface area (Å²) >= 11 is 0. The average Bonchev–Trinajstić information content (AvgIpc) is 2.43. The number of piperazine rings is 1. The molecule has 0 spiro atoms. The number of rotatable bonds is 5. The fourth-order valence-corrected chi connectivity index (χ4v) is 2.21. The Hall–Kier alpha value is -1.12. The van der Waals surface area contributed by atoms with Crippen molar-refractivity contribution >= 4 is 5.91 Å². The van der Waals surface area contributed by atoms with Crippen molar-refractivity contribution in [3.8, 4) is 6.07 Å². The maximum absolute atomic E-state index is 12.0. The Labute approximate surface area is 116 Å². The summed E-state index contributed by atoms with van der Waals surface area (Å²) in [5, 5.41) is 11.9. The summed E-state index contributed by atoms with van der Waals surface area (Å²) in [4.78, 5) is 16.4. The second-order valence-corrected chi connectivity index (χ2v) is 5.69. The molecule has 19 heavy (non-hydrogen) atoms. The Balaban J connectivity index is 2.38. The first-order chi connectivity index (χ1) is 8.95. The van der Waals surface area contributed by atoms with E-state index in [1.807, 2.05) is 13.8 Å². The first-order valence-corrected chi connectivity index (χ1v) is 7.11. The molecule has 5 nitrogen and oxygen atoms in total. The maximum Gasteiger partial charge on any atom is 0.237 e. The molecule has 0 aromatic rings. The molecule has 0 radical (unpaired) electrons. The van der Waals surface area contributed by atoms with E-state index >= 15 is 0 Å². The molecule has 1 aliphatic heterocycles. The SMILES string of the molecule is CC(C)CNC(=O)C(C)N1CCN(C(C)C#N)CC1. The maximum atomic E-state index is 12.0. The van der Waals surface area contributed by atoms with Crippen LogP contribution in [0.5, 0.6) is 0 Å². The van der Waals surface area contributed by atoms with Crippen LogP contribution in [0.3, 0.4) is 0 Å². The quantitative estimate of drug-likeness (QED) is 0.795. The molecule has 1 aliphatic rings. The van der Waals surface area contributed by atoms with Gasteiger partial charge in [0.1, 0.15) is 0 Å². The number of carbonyl (C=O) groups excluding carboxylic acids is 1. The van der Waals surface area contributed by atoms with E-state index in [9.17, 15) is 4.79 Å². The van der Waals surface area contributed by atoms with Crippen molar-refractivity contribution < 1.29 is 4.79 Å². The van der Waals surface area contributed by atoms with E-state index in [1.54, 1.807) is 0 Å². The molecule has 1 amide bonds. The Morgan fingerprint density at radius 1 is 1.16 bits per heavy atom. The second-order valence-electron chi connectivity index (χ2n) is 5.69. The van der Waals surface area contributed by atoms with Gasteiger partial charge in [0.2, 0.25) is 5.91 Å². The fraction of sp³-hybridized carbons (Fsp3) is 0.857. The standard InChI is InChI=1S/C14H26N4O/c1-11(2)10-16-14(19)13(4)18-7-5-17(6-8-18)12(3)9-15/h11-13H,5-8,10H2,1-4H3,(H,16,19). The number of carbonyl (C=O) groups is 1. The molecule has 2 unspecified atom stereocenters. The van der Waals surface area contributed by atoms with Gasteiger partial charge >= 0.3 is 0 Å². The van der Waals surface area contributed by atoms with Crippen LogP contribution >= 0.6 is 0 Å². The minimum atomic E-state index is -0.0849. The molecular weight excluding hydrogens is 240 g/mol. The minimum Gasteiger partial charge on any atom is -0.354 e. The van der Waals surface area contributed by atoms with Crippen LogP contribution in [0.15, 0.2) is 0 Å². The zero-order chi connectivity index (χ0) is 14.4. The number of hydrogen-bond acceptors (Lipinski definition) is 4. The number of nitrogens with one attached hydrogen (secondary N) is 1. The Morgan fingerprint density at radius 2 is 1.68 bits per heavy atom. The number of nitrogens with zero attached hydrogens (tertiary/aromatic N) is 3. The van der Waals surface area contributed by atoms with Crippen LogP contribution in [0.1, 0.15) is 27.7 Å². The predicted molar refractivity (Wildman–Crippen MR) is 75.5 cm³/mol. The van der Waals surface area contributed by atoms with Crippen molar-refractivity contribution in [1.82, 2.24) is 15.1 Å². The molecule has 0 aliphatic carbocycles. The third kappa shape index (κ3) is 4.81. The van der Waals surface area contributed by atoms with Crippen molar-refractivity contribution in [2.45, 2.75) is 39.8 Å². The molecule has 1 heterocycles. The lowest BCUT2D eigenvalue weighted by Gasteiger charge is -2.38. The van der Waals surface area contributed by atoms with Crippen LogP contribution in [0.2, 0.25) is 0 Å². The van der Waals surface area contributed by atoms with Gasteiger partial charge in [-0.1, -0.05) is 13.8 Å². The smallest absolute Gasteiger partial charge is 0.237 e. The highest BCUT2D eigenvalue weighted by atomic mass is 16.2. The Bertz CT molecular complexity index is 329. The third-order valence-electron chi connectivity index (χ3n) is 3.70. The van der Waals surface area contributed by atoms with E-state index in [2.05, 4.69) is 35.0 Å². The molecule has 2 atom stereocenters. The zero-order valence-corrected chi connectivity index (χ0v) is 12.5. The summed E-state index contributed by atoms with van der Waals surface area (Å²) in [6, 6.07) is 2.14. The van der Waals surface area contributed by atoms with Crippen molar-refractivity contribution in [1.29, 1.82) is 5.26 Å². The molecule has 1 fully saturated rings. The summed E-state index contributed by atoms with van der Waals surface area (Å²) < 4.78 is 0. The van der Waals surface area contributed by atoms with Crippen LogP contribution in [-0.2, 0) is 4.79 Å². The summed E-state index contributed by atoms with van der Waals surface area (Å²) in [5.74, 6) is 0.583. The summed E-state index contributed by atoms with van der Waals surface area (Å²) in [5.41, 5.74) is 0. The van der Waals surface area contributed by atoms with Crippen molar-refractivity contribution in [2.75, 3.05) is 32.7 Å². The van der Waals surface area contributed by atoms with Gasteiger partial charge in [-0.25, -0.2) is 0 Å². The lowest BCUT2D eigenvalue weighted by atomic mass is 10.1. The number of nitriles is 1. The van der Waals surface area contributed by atoms with E-state index < -0.39 is 0 Å². The van der Waals surface area contributed by atoms with Crippen molar-refractivity contribution in [3.05, 3.63) is 0 Å². The van der Waals surface area contributed by atoms with Crippen LogP contribution < -0.4 is 5.32 Å².